The number of hydrogen-bond acceptors (Lipinski definition) is 2. The van der Waals surface area contributed by atoms with Gasteiger partial charge in [-0.1, -0.05) is 13.0 Å². The fraction of sp³-hybridized carbons (Fsp3) is 0.500. The Labute approximate surface area is 107 Å². The molecule has 0 unspecified atom stereocenters. The van der Waals surface area contributed by atoms with E-state index in [1.807, 2.05) is 6.92 Å². The van der Waals surface area contributed by atoms with Crippen LogP contribution in [0, 0.1) is 11.2 Å². The lowest BCUT2D eigenvalue weighted by Gasteiger charge is -2.36. The summed E-state index contributed by atoms with van der Waals surface area (Å²) in [7, 11) is 1.71. The first-order valence-electron chi connectivity index (χ1n) is 6.27. The molecule has 3 nitrogen and oxygen atoms in total. The maximum atomic E-state index is 13.2. The van der Waals surface area contributed by atoms with Crippen LogP contribution in [0.4, 0.5) is 10.1 Å². The van der Waals surface area contributed by atoms with Crippen molar-refractivity contribution in [2.24, 2.45) is 5.41 Å². The molecule has 0 bridgehead atoms. The molecule has 1 amide bonds. The molecule has 1 heterocycles. The number of nitrogens with one attached hydrogen (secondary N) is 1. The smallest absolute Gasteiger partial charge is 0.232 e. The van der Waals surface area contributed by atoms with Crippen molar-refractivity contribution in [1.82, 2.24) is 5.32 Å². The Bertz CT molecular complexity index is 441. The Morgan fingerprint density at radius 3 is 2.67 bits per heavy atom. The van der Waals surface area contributed by atoms with Crippen LogP contribution in [0.5, 0.6) is 0 Å². The van der Waals surface area contributed by atoms with Crippen LogP contribution in [0.3, 0.4) is 0 Å². The highest BCUT2D eigenvalue weighted by atomic mass is 19.1. The number of hydrogen-bond donors (Lipinski definition) is 1. The van der Waals surface area contributed by atoms with Crippen molar-refractivity contribution in [3.05, 3.63) is 30.1 Å². The van der Waals surface area contributed by atoms with Crippen molar-refractivity contribution in [2.45, 2.75) is 19.8 Å². The fourth-order valence-electron chi connectivity index (χ4n) is 2.40. The standard InChI is InChI=1S/C14H19FN2O/c1-14(6-8-16-9-7-14)13(18)17(2)12-5-3-4-11(15)10-12/h3-5,10,16H,6-9H2,1-2H3. The molecular formula is C14H19FN2O. The number of carbonyl (C=O) groups excluding carboxylic acids is 1. The number of amides is 1. The maximum absolute atomic E-state index is 13.2. The van der Waals surface area contributed by atoms with Crippen molar-refractivity contribution < 1.29 is 9.18 Å². The zero-order valence-corrected chi connectivity index (χ0v) is 10.9. The van der Waals surface area contributed by atoms with E-state index >= 15 is 0 Å². The summed E-state index contributed by atoms with van der Waals surface area (Å²) in [6.45, 7) is 3.71. The molecule has 0 atom stereocenters. The molecule has 0 saturated carbocycles. The number of benzene rings is 1. The van der Waals surface area contributed by atoms with Gasteiger partial charge in [-0.15, -0.1) is 0 Å². The van der Waals surface area contributed by atoms with Gasteiger partial charge in [0.05, 0.1) is 0 Å². The lowest BCUT2D eigenvalue weighted by molar-refractivity contribution is -0.128. The van der Waals surface area contributed by atoms with Crippen LogP contribution in [0.2, 0.25) is 0 Å². The van der Waals surface area contributed by atoms with E-state index in [4.69, 9.17) is 0 Å². The molecule has 1 aromatic rings. The topological polar surface area (TPSA) is 32.3 Å². The van der Waals surface area contributed by atoms with Crippen molar-refractivity contribution in [3.63, 3.8) is 0 Å². The Balaban J connectivity index is 2.17. The number of piperidine rings is 1. The molecule has 0 radical (unpaired) electrons. The quantitative estimate of drug-likeness (QED) is 0.872. The molecule has 2 rings (SSSR count). The Kier molecular flexibility index (Phi) is 3.66. The van der Waals surface area contributed by atoms with Crippen LogP contribution in [-0.2, 0) is 4.79 Å². The summed E-state index contributed by atoms with van der Waals surface area (Å²) in [6, 6.07) is 6.15. The van der Waals surface area contributed by atoms with Crippen molar-refractivity contribution in [3.8, 4) is 0 Å². The van der Waals surface area contributed by atoms with Crippen molar-refractivity contribution in [2.75, 3.05) is 25.0 Å². The highest BCUT2D eigenvalue weighted by Crippen LogP contribution is 2.31. The van der Waals surface area contributed by atoms with E-state index in [2.05, 4.69) is 5.32 Å². The third-order valence-corrected chi connectivity index (χ3v) is 3.72. The normalized spacial score (nSPS) is 18.4. The molecule has 1 fully saturated rings. The highest BCUT2D eigenvalue weighted by molar-refractivity contribution is 5.97. The summed E-state index contributed by atoms with van der Waals surface area (Å²) in [5.74, 6) is -0.253. The van der Waals surface area contributed by atoms with Crippen molar-refractivity contribution >= 4 is 11.6 Å². The van der Waals surface area contributed by atoms with E-state index in [1.54, 1.807) is 24.1 Å². The monoisotopic (exact) mass is 250 g/mol. The first kappa shape index (κ1) is 13.0. The maximum Gasteiger partial charge on any atom is 0.232 e. The summed E-state index contributed by atoms with van der Waals surface area (Å²) >= 11 is 0. The minimum Gasteiger partial charge on any atom is -0.317 e. The zero-order chi connectivity index (χ0) is 13.2. The van der Waals surface area contributed by atoms with E-state index in [1.165, 1.54) is 12.1 Å². The minimum atomic E-state index is -0.341. The molecule has 4 heteroatoms. The molecular weight excluding hydrogens is 231 g/mol. The van der Waals surface area contributed by atoms with E-state index < -0.39 is 0 Å². The summed E-state index contributed by atoms with van der Waals surface area (Å²) in [5, 5.41) is 3.25. The van der Waals surface area contributed by atoms with E-state index in [-0.39, 0.29) is 17.1 Å². The molecule has 0 aliphatic carbocycles. The van der Waals surface area contributed by atoms with Gasteiger partial charge < -0.3 is 10.2 Å². The van der Waals surface area contributed by atoms with Gasteiger partial charge in [0.15, 0.2) is 0 Å². The van der Waals surface area contributed by atoms with Gasteiger partial charge in [0, 0.05) is 18.2 Å². The lowest BCUT2D eigenvalue weighted by Crippen LogP contribution is -2.46. The lowest BCUT2D eigenvalue weighted by atomic mass is 9.79. The van der Waals surface area contributed by atoms with Crippen LogP contribution in [-0.4, -0.2) is 26.0 Å². The summed E-state index contributed by atoms with van der Waals surface area (Å²) < 4.78 is 13.2. The predicted octanol–water partition coefficient (Wildman–Crippen LogP) is 2.18. The molecule has 0 spiro atoms. The molecule has 1 saturated heterocycles. The van der Waals surface area contributed by atoms with E-state index in [0.717, 1.165) is 25.9 Å². The number of anilines is 1. The summed E-state index contributed by atoms with van der Waals surface area (Å²) in [5.41, 5.74) is 0.270. The molecule has 1 aliphatic rings. The number of halogens is 1. The van der Waals surface area contributed by atoms with Gasteiger partial charge in [-0.3, -0.25) is 4.79 Å². The number of carbonyl (C=O) groups is 1. The molecule has 18 heavy (non-hydrogen) atoms. The van der Waals surface area contributed by atoms with Crippen LogP contribution in [0.15, 0.2) is 24.3 Å². The Morgan fingerprint density at radius 2 is 2.06 bits per heavy atom. The second kappa shape index (κ2) is 5.06. The summed E-state index contributed by atoms with van der Waals surface area (Å²) in [6.07, 6.45) is 1.65. The minimum absolute atomic E-state index is 0.0644. The number of rotatable bonds is 2. The molecule has 0 aromatic heterocycles. The van der Waals surface area contributed by atoms with Gasteiger partial charge >= 0.3 is 0 Å². The number of nitrogens with zero attached hydrogens (tertiary/aromatic N) is 1. The SMILES string of the molecule is CN(C(=O)C1(C)CCNCC1)c1cccc(F)c1. The average Bonchev–Trinajstić information content (AvgIpc) is 2.38. The third kappa shape index (κ3) is 2.53. The molecule has 1 aromatic carbocycles. The van der Waals surface area contributed by atoms with Crippen LogP contribution < -0.4 is 10.2 Å². The second-order valence-electron chi connectivity index (χ2n) is 5.15. The van der Waals surface area contributed by atoms with Gasteiger partial charge in [-0.05, 0) is 44.1 Å². The Morgan fingerprint density at radius 1 is 1.39 bits per heavy atom. The average molecular weight is 250 g/mol. The molecule has 98 valence electrons. The molecule has 1 N–H and O–H groups in total. The highest BCUT2D eigenvalue weighted by Gasteiger charge is 2.36. The fourth-order valence-corrected chi connectivity index (χ4v) is 2.40. The van der Waals surface area contributed by atoms with Gasteiger partial charge in [0.2, 0.25) is 5.91 Å². The van der Waals surface area contributed by atoms with E-state index in [0.29, 0.717) is 5.69 Å². The van der Waals surface area contributed by atoms with Crippen molar-refractivity contribution in [1.29, 1.82) is 0 Å². The Hall–Kier alpha value is -1.42. The van der Waals surface area contributed by atoms with Gasteiger partial charge in [0.25, 0.3) is 0 Å². The molecule has 1 aliphatic heterocycles. The van der Waals surface area contributed by atoms with Gasteiger partial charge in [-0.25, -0.2) is 4.39 Å². The predicted molar refractivity (Wildman–Crippen MR) is 70.0 cm³/mol. The first-order chi connectivity index (χ1) is 8.53. The van der Waals surface area contributed by atoms with Crippen LogP contribution in [0.25, 0.3) is 0 Å². The zero-order valence-electron chi connectivity index (χ0n) is 10.9. The third-order valence-electron chi connectivity index (χ3n) is 3.72. The van der Waals surface area contributed by atoms with Gasteiger partial charge in [0.1, 0.15) is 5.82 Å². The van der Waals surface area contributed by atoms with Gasteiger partial charge in [-0.2, -0.15) is 0 Å². The largest absolute Gasteiger partial charge is 0.317 e. The first-order valence-corrected chi connectivity index (χ1v) is 6.27. The van der Waals surface area contributed by atoms with E-state index in [9.17, 15) is 9.18 Å². The van der Waals surface area contributed by atoms with Crippen LogP contribution >= 0.6 is 0 Å². The summed E-state index contributed by atoms with van der Waals surface area (Å²) in [4.78, 5) is 14.1. The second-order valence-corrected chi connectivity index (χ2v) is 5.15. The van der Waals surface area contributed by atoms with Crippen LogP contribution in [0.1, 0.15) is 19.8 Å².